The molecule has 17 heavy (non-hydrogen) atoms. The lowest BCUT2D eigenvalue weighted by Crippen LogP contribution is -2.13. The Hall–Kier alpha value is -1.58. The second-order valence-corrected chi connectivity index (χ2v) is 4.29. The van der Waals surface area contributed by atoms with Gasteiger partial charge in [0.05, 0.1) is 7.11 Å². The minimum Gasteiger partial charge on any atom is -0.480 e. The van der Waals surface area contributed by atoms with Gasteiger partial charge in [-0.05, 0) is 30.4 Å². The first-order chi connectivity index (χ1) is 7.93. The molecule has 1 N–H and O–H groups in total. The molecule has 0 aromatic carbocycles. The minimum absolute atomic E-state index is 0.128. The molecule has 1 rings (SSSR count). The van der Waals surface area contributed by atoms with Gasteiger partial charge in [0.15, 0.2) is 0 Å². The predicted octanol–water partition coefficient (Wildman–Crippen LogP) is 2.78. The number of carboxylic acids is 1. The summed E-state index contributed by atoms with van der Waals surface area (Å²) in [7, 11) is 1.45. The zero-order chi connectivity index (χ0) is 13.2. The average Bonchev–Trinajstić information content (AvgIpc) is 2.27. The van der Waals surface area contributed by atoms with Crippen LogP contribution in [0, 0.1) is 6.92 Å². The summed E-state index contributed by atoms with van der Waals surface area (Å²) in [6.45, 7) is 7.88. The van der Waals surface area contributed by atoms with Crippen molar-refractivity contribution in [2.75, 3.05) is 7.11 Å². The fourth-order valence-corrected chi connectivity index (χ4v) is 2.14. The number of hydrogen-bond acceptors (Lipinski definition) is 3. The first-order valence-electron chi connectivity index (χ1n) is 5.74. The zero-order valence-corrected chi connectivity index (χ0v) is 11.0. The highest BCUT2D eigenvalue weighted by Crippen LogP contribution is 2.31. The number of methoxy groups -OCH3 is 1. The highest BCUT2D eigenvalue weighted by Gasteiger charge is 2.24. The molecule has 0 unspecified atom stereocenters. The van der Waals surface area contributed by atoms with Gasteiger partial charge in [0.2, 0.25) is 5.88 Å². The van der Waals surface area contributed by atoms with Gasteiger partial charge < -0.3 is 9.84 Å². The van der Waals surface area contributed by atoms with Gasteiger partial charge >= 0.3 is 5.97 Å². The highest BCUT2D eigenvalue weighted by molar-refractivity contribution is 5.92. The van der Waals surface area contributed by atoms with Crippen LogP contribution in [-0.2, 0) is 6.42 Å². The standard InChI is InChI=1S/C13H19NO3/c1-6-9-8(4)10(7(2)3)11(13(15)16)12(14-9)17-5/h7H,6H2,1-5H3,(H,15,16). The number of nitrogens with zero attached hydrogens (tertiary/aromatic N) is 1. The topological polar surface area (TPSA) is 59.4 Å². The molecule has 1 aromatic rings. The van der Waals surface area contributed by atoms with Gasteiger partial charge in [-0.15, -0.1) is 0 Å². The molecule has 0 aliphatic rings. The van der Waals surface area contributed by atoms with Gasteiger partial charge in [-0.25, -0.2) is 9.78 Å². The van der Waals surface area contributed by atoms with Crippen LogP contribution in [0.1, 0.15) is 53.9 Å². The van der Waals surface area contributed by atoms with E-state index >= 15 is 0 Å². The van der Waals surface area contributed by atoms with Crippen LogP contribution in [-0.4, -0.2) is 23.2 Å². The summed E-state index contributed by atoms with van der Waals surface area (Å²) < 4.78 is 5.10. The van der Waals surface area contributed by atoms with E-state index in [1.54, 1.807) is 0 Å². The van der Waals surface area contributed by atoms with Crippen LogP contribution in [0.2, 0.25) is 0 Å². The molecule has 0 aliphatic heterocycles. The molecule has 1 heterocycles. The maximum atomic E-state index is 11.3. The number of aromatic carboxylic acids is 1. The van der Waals surface area contributed by atoms with Crippen molar-refractivity contribution in [1.82, 2.24) is 4.98 Å². The van der Waals surface area contributed by atoms with E-state index in [1.807, 2.05) is 27.7 Å². The van der Waals surface area contributed by atoms with Crippen LogP contribution >= 0.6 is 0 Å². The van der Waals surface area contributed by atoms with Crippen LogP contribution in [0.5, 0.6) is 5.88 Å². The van der Waals surface area contributed by atoms with E-state index in [-0.39, 0.29) is 17.4 Å². The first kappa shape index (κ1) is 13.5. The Labute approximate surface area is 102 Å². The third-order valence-corrected chi connectivity index (χ3v) is 2.88. The molecule has 0 fully saturated rings. The van der Waals surface area contributed by atoms with E-state index in [0.717, 1.165) is 23.2 Å². The van der Waals surface area contributed by atoms with Crippen molar-refractivity contribution >= 4 is 5.97 Å². The largest absolute Gasteiger partial charge is 0.480 e. The van der Waals surface area contributed by atoms with E-state index in [1.165, 1.54) is 7.11 Å². The third kappa shape index (κ3) is 2.40. The molecule has 0 aliphatic carbocycles. The smallest absolute Gasteiger partial charge is 0.341 e. The summed E-state index contributed by atoms with van der Waals surface area (Å²) in [4.78, 5) is 15.6. The molecule has 0 saturated carbocycles. The minimum atomic E-state index is -0.983. The molecule has 0 bridgehead atoms. The number of carbonyl (C=O) groups is 1. The van der Waals surface area contributed by atoms with Crippen molar-refractivity contribution < 1.29 is 14.6 Å². The van der Waals surface area contributed by atoms with Crippen molar-refractivity contribution in [2.45, 2.75) is 40.0 Å². The Balaban J connectivity index is 3.65. The van der Waals surface area contributed by atoms with Gasteiger partial charge in [-0.3, -0.25) is 0 Å². The summed E-state index contributed by atoms with van der Waals surface area (Å²) in [5, 5.41) is 9.29. The number of pyridine rings is 1. The number of rotatable bonds is 4. The second-order valence-electron chi connectivity index (χ2n) is 4.29. The Morgan fingerprint density at radius 2 is 2.06 bits per heavy atom. The lowest BCUT2D eigenvalue weighted by atomic mass is 9.92. The Morgan fingerprint density at radius 1 is 1.47 bits per heavy atom. The van der Waals surface area contributed by atoms with Crippen molar-refractivity contribution in [1.29, 1.82) is 0 Å². The van der Waals surface area contributed by atoms with E-state index in [0.29, 0.717) is 0 Å². The third-order valence-electron chi connectivity index (χ3n) is 2.88. The average molecular weight is 237 g/mol. The van der Waals surface area contributed by atoms with Crippen LogP contribution in [0.25, 0.3) is 0 Å². The first-order valence-corrected chi connectivity index (χ1v) is 5.74. The quantitative estimate of drug-likeness (QED) is 0.874. The number of carboxylic acid groups (broad SMARTS) is 1. The van der Waals surface area contributed by atoms with Gasteiger partial charge in [0.1, 0.15) is 5.56 Å². The molecule has 0 radical (unpaired) electrons. The summed E-state index contributed by atoms with van der Waals surface area (Å²) in [5.74, 6) is -0.643. The normalized spacial score (nSPS) is 10.7. The highest BCUT2D eigenvalue weighted by atomic mass is 16.5. The Bertz CT molecular complexity index is 439. The van der Waals surface area contributed by atoms with Crippen LogP contribution in [0.3, 0.4) is 0 Å². The molecule has 4 heteroatoms. The zero-order valence-electron chi connectivity index (χ0n) is 11.0. The van der Waals surface area contributed by atoms with Gasteiger partial charge in [0.25, 0.3) is 0 Å². The van der Waals surface area contributed by atoms with Crippen LogP contribution < -0.4 is 4.74 Å². The molecular formula is C13H19NO3. The van der Waals surface area contributed by atoms with Crippen LogP contribution in [0.4, 0.5) is 0 Å². The maximum Gasteiger partial charge on any atom is 0.341 e. The summed E-state index contributed by atoms with van der Waals surface area (Å²) in [6.07, 6.45) is 0.766. The lowest BCUT2D eigenvalue weighted by Gasteiger charge is -2.18. The molecule has 4 nitrogen and oxygen atoms in total. The van der Waals surface area contributed by atoms with Crippen molar-refractivity contribution in [3.63, 3.8) is 0 Å². The molecular weight excluding hydrogens is 218 g/mol. The van der Waals surface area contributed by atoms with Gasteiger partial charge in [-0.1, -0.05) is 20.8 Å². The Morgan fingerprint density at radius 3 is 2.41 bits per heavy atom. The summed E-state index contributed by atoms with van der Waals surface area (Å²) in [5.41, 5.74) is 2.87. The molecule has 0 saturated heterocycles. The lowest BCUT2D eigenvalue weighted by molar-refractivity contribution is 0.0690. The number of aryl methyl sites for hydroxylation is 1. The molecule has 0 amide bonds. The fraction of sp³-hybridized carbons (Fsp3) is 0.538. The number of hydrogen-bond donors (Lipinski definition) is 1. The molecule has 0 atom stereocenters. The van der Waals surface area contributed by atoms with Crippen molar-refractivity contribution in [3.8, 4) is 5.88 Å². The van der Waals surface area contributed by atoms with Crippen molar-refractivity contribution in [3.05, 3.63) is 22.4 Å². The fourth-order valence-electron chi connectivity index (χ4n) is 2.14. The van der Waals surface area contributed by atoms with Gasteiger partial charge in [-0.2, -0.15) is 0 Å². The predicted molar refractivity (Wildman–Crippen MR) is 66.0 cm³/mol. The monoisotopic (exact) mass is 237 g/mol. The number of aromatic nitrogens is 1. The van der Waals surface area contributed by atoms with E-state index in [2.05, 4.69) is 4.98 Å². The Kier molecular flexibility index (Phi) is 4.10. The summed E-state index contributed by atoms with van der Waals surface area (Å²) in [6, 6.07) is 0. The molecule has 1 aromatic heterocycles. The van der Waals surface area contributed by atoms with E-state index in [4.69, 9.17) is 4.74 Å². The maximum absolute atomic E-state index is 11.3. The molecule has 0 spiro atoms. The summed E-state index contributed by atoms with van der Waals surface area (Å²) >= 11 is 0. The SMILES string of the molecule is CCc1nc(OC)c(C(=O)O)c(C(C)C)c1C. The van der Waals surface area contributed by atoms with E-state index in [9.17, 15) is 9.90 Å². The van der Waals surface area contributed by atoms with Crippen LogP contribution in [0.15, 0.2) is 0 Å². The number of ether oxygens (including phenoxy) is 1. The second kappa shape index (κ2) is 5.17. The molecule has 94 valence electrons. The van der Waals surface area contributed by atoms with E-state index < -0.39 is 5.97 Å². The van der Waals surface area contributed by atoms with Crippen molar-refractivity contribution in [2.24, 2.45) is 0 Å². The van der Waals surface area contributed by atoms with Gasteiger partial charge in [0, 0.05) is 5.69 Å².